The van der Waals surface area contributed by atoms with Gasteiger partial charge in [0.15, 0.2) is 5.82 Å². The Kier molecular flexibility index (Phi) is 8.94. The van der Waals surface area contributed by atoms with E-state index in [9.17, 15) is 4.39 Å². The number of hydrogen-bond donors (Lipinski definition) is 1. The van der Waals surface area contributed by atoms with Crippen molar-refractivity contribution in [2.45, 2.75) is 103 Å². The van der Waals surface area contributed by atoms with E-state index in [2.05, 4.69) is 36.7 Å². The van der Waals surface area contributed by atoms with Crippen LogP contribution in [-0.4, -0.2) is 61.3 Å². The summed E-state index contributed by atoms with van der Waals surface area (Å²) in [5, 5.41) is 13.5. The van der Waals surface area contributed by atoms with Crippen molar-refractivity contribution in [3.05, 3.63) is 58.0 Å². The van der Waals surface area contributed by atoms with Crippen LogP contribution in [0.2, 0.25) is 5.02 Å². The second-order valence-corrected chi connectivity index (χ2v) is 14.1. The standard InChI is InChI=1S/C28H31ClFN7.C7H12FN/c1-3-24-32-27-22-13-31-26(25(27)30)21-11-17(2)12-23(29)20(21)9-5-4-8-19-16-37(35-34-19)15-18-7-6-10-36(14-18)28(22)33-24;8-6-4-7(5-6)2-1-3-9-7/h11-13,16,18H,3-10,14-15H2,1-2H3;6,9H,1-5H2. The molecule has 3 aromatic heterocycles. The van der Waals surface area contributed by atoms with Crippen molar-refractivity contribution < 1.29 is 8.78 Å². The molecule has 4 aromatic rings. The van der Waals surface area contributed by atoms with Crippen LogP contribution in [0.3, 0.4) is 0 Å². The first kappa shape index (κ1) is 31.4. The van der Waals surface area contributed by atoms with Gasteiger partial charge in [0.05, 0.1) is 11.1 Å². The minimum atomic E-state index is -0.504. The van der Waals surface area contributed by atoms with Gasteiger partial charge in [-0.2, -0.15) is 0 Å². The van der Waals surface area contributed by atoms with Crippen LogP contribution >= 0.6 is 11.6 Å². The van der Waals surface area contributed by atoms with Crippen LogP contribution in [0.25, 0.3) is 22.2 Å². The number of piperidine rings is 1. The number of alkyl halides is 1. The fourth-order valence-electron chi connectivity index (χ4n) is 7.74. The fraction of sp³-hybridized carbons (Fsp3) is 0.571. The van der Waals surface area contributed by atoms with Crippen LogP contribution in [-0.2, 0) is 25.8 Å². The second-order valence-electron chi connectivity index (χ2n) is 13.7. The Morgan fingerprint density at radius 1 is 1.09 bits per heavy atom. The van der Waals surface area contributed by atoms with E-state index in [1.54, 1.807) is 6.20 Å². The maximum atomic E-state index is 16.3. The number of rotatable bonds is 1. The Hall–Kier alpha value is -3.24. The normalized spacial score (nSPS) is 24.3. The molecule has 0 radical (unpaired) electrons. The first-order valence-corrected chi connectivity index (χ1v) is 17.4. The Labute approximate surface area is 274 Å². The Bertz CT molecular complexity index is 1710. The third-order valence-corrected chi connectivity index (χ3v) is 10.5. The van der Waals surface area contributed by atoms with Crippen molar-refractivity contribution in [2.24, 2.45) is 5.92 Å². The summed E-state index contributed by atoms with van der Waals surface area (Å²) in [5.41, 5.74) is 4.55. The van der Waals surface area contributed by atoms with E-state index < -0.39 is 12.0 Å². The van der Waals surface area contributed by atoms with Crippen LogP contribution < -0.4 is 10.2 Å². The lowest BCUT2D eigenvalue weighted by Crippen LogP contribution is -2.52. The number of aromatic nitrogens is 6. The van der Waals surface area contributed by atoms with Gasteiger partial charge in [-0.05, 0) is 107 Å². The average molecular weight is 649 g/mol. The highest BCUT2D eigenvalue weighted by Gasteiger charge is 2.45. The molecule has 8 bridgehead atoms. The van der Waals surface area contributed by atoms with E-state index in [-0.39, 0.29) is 5.54 Å². The minimum Gasteiger partial charge on any atom is -0.356 e. The predicted molar refractivity (Wildman–Crippen MR) is 178 cm³/mol. The molecule has 7 heterocycles. The lowest BCUT2D eigenvalue weighted by molar-refractivity contribution is 0.0832. The lowest BCUT2D eigenvalue weighted by atomic mass is 9.74. The number of hydrogen-bond acceptors (Lipinski definition) is 7. The summed E-state index contributed by atoms with van der Waals surface area (Å²) < 4.78 is 30.7. The van der Waals surface area contributed by atoms with Gasteiger partial charge in [-0.1, -0.05) is 23.7 Å². The lowest BCUT2D eigenvalue weighted by Gasteiger charge is -2.41. The van der Waals surface area contributed by atoms with Gasteiger partial charge in [0.1, 0.15) is 29.0 Å². The topological polar surface area (TPSA) is 84.6 Å². The third-order valence-electron chi connectivity index (χ3n) is 10.1. The molecule has 1 aromatic carbocycles. The van der Waals surface area contributed by atoms with Crippen molar-refractivity contribution in [2.75, 3.05) is 24.5 Å². The van der Waals surface area contributed by atoms with Crippen molar-refractivity contribution in [1.29, 1.82) is 0 Å². The first-order valence-electron chi connectivity index (χ1n) is 17.0. The minimum absolute atomic E-state index is 0.263. The molecular weight excluding hydrogens is 606 g/mol. The van der Waals surface area contributed by atoms with Gasteiger partial charge in [0, 0.05) is 54.6 Å². The van der Waals surface area contributed by atoms with E-state index >= 15 is 4.39 Å². The van der Waals surface area contributed by atoms with Crippen molar-refractivity contribution in [3.63, 3.8) is 0 Å². The summed E-state index contributed by atoms with van der Waals surface area (Å²) >= 11 is 6.73. The zero-order chi connectivity index (χ0) is 31.8. The molecule has 1 atom stereocenters. The second kappa shape index (κ2) is 13.1. The number of nitrogens with zero attached hydrogens (tertiary/aromatic N) is 7. The molecule has 1 saturated carbocycles. The van der Waals surface area contributed by atoms with E-state index in [1.807, 2.05) is 30.7 Å². The molecule has 46 heavy (non-hydrogen) atoms. The Morgan fingerprint density at radius 3 is 2.72 bits per heavy atom. The highest BCUT2D eigenvalue weighted by atomic mass is 35.5. The molecule has 0 amide bonds. The summed E-state index contributed by atoms with van der Waals surface area (Å²) in [6, 6.07) is 3.93. The molecule has 2 saturated heterocycles. The molecule has 8 nitrogen and oxygen atoms in total. The molecule has 4 aliphatic heterocycles. The average Bonchev–Trinajstić information content (AvgIpc) is 3.70. The van der Waals surface area contributed by atoms with Crippen LogP contribution in [0.5, 0.6) is 0 Å². The quantitative estimate of drug-likeness (QED) is 0.238. The molecule has 11 heteroatoms. The molecule has 244 valence electrons. The number of anilines is 1. The Morgan fingerprint density at radius 2 is 1.93 bits per heavy atom. The zero-order valence-corrected chi connectivity index (χ0v) is 27.6. The van der Waals surface area contributed by atoms with E-state index in [4.69, 9.17) is 16.6 Å². The molecule has 3 fully saturated rings. The first-order chi connectivity index (χ1) is 22.3. The van der Waals surface area contributed by atoms with Gasteiger partial charge in [-0.15, -0.1) is 5.10 Å². The fourth-order valence-corrected chi connectivity index (χ4v) is 8.11. The summed E-state index contributed by atoms with van der Waals surface area (Å²) in [6.07, 6.45) is 13.5. The summed E-state index contributed by atoms with van der Waals surface area (Å²) in [6.45, 7) is 7.59. The van der Waals surface area contributed by atoms with Gasteiger partial charge in [-0.25, -0.2) is 18.7 Å². The number of pyridine rings is 1. The molecule has 1 N–H and O–H groups in total. The van der Waals surface area contributed by atoms with Crippen molar-refractivity contribution in [3.8, 4) is 11.3 Å². The number of aryl methyl sites for hydroxylation is 3. The molecule has 9 rings (SSSR count). The molecule has 1 aliphatic carbocycles. The van der Waals surface area contributed by atoms with E-state index in [1.165, 1.54) is 12.8 Å². The van der Waals surface area contributed by atoms with Gasteiger partial charge in [0.25, 0.3) is 0 Å². The maximum absolute atomic E-state index is 16.3. The molecule has 1 spiro atoms. The van der Waals surface area contributed by atoms with Gasteiger partial charge in [-0.3, -0.25) is 9.67 Å². The van der Waals surface area contributed by atoms with Crippen LogP contribution in [0, 0.1) is 18.7 Å². The van der Waals surface area contributed by atoms with Crippen LogP contribution in [0.4, 0.5) is 14.6 Å². The maximum Gasteiger partial charge on any atom is 0.175 e. The van der Waals surface area contributed by atoms with Gasteiger partial charge < -0.3 is 10.2 Å². The highest BCUT2D eigenvalue weighted by Crippen LogP contribution is 2.41. The Balaban J connectivity index is 0.000000321. The predicted octanol–water partition coefficient (Wildman–Crippen LogP) is 6.98. The summed E-state index contributed by atoms with van der Waals surface area (Å²) in [4.78, 5) is 16.5. The molecule has 5 aliphatic rings. The third kappa shape index (κ3) is 6.35. The smallest absolute Gasteiger partial charge is 0.175 e. The van der Waals surface area contributed by atoms with E-state index in [0.717, 1.165) is 106 Å². The summed E-state index contributed by atoms with van der Waals surface area (Å²) in [7, 11) is 0. The number of halogens is 3. The van der Waals surface area contributed by atoms with Crippen molar-refractivity contribution in [1.82, 2.24) is 35.3 Å². The van der Waals surface area contributed by atoms with Crippen molar-refractivity contribution >= 4 is 28.3 Å². The number of benzene rings is 1. The summed E-state index contributed by atoms with van der Waals surface area (Å²) in [5.74, 6) is 1.41. The zero-order valence-electron chi connectivity index (χ0n) is 26.8. The largest absolute Gasteiger partial charge is 0.356 e. The van der Waals surface area contributed by atoms with Crippen LogP contribution in [0.1, 0.15) is 80.9 Å². The van der Waals surface area contributed by atoms with Gasteiger partial charge in [0.2, 0.25) is 0 Å². The molecular formula is C35H43ClF2N8. The monoisotopic (exact) mass is 648 g/mol. The highest BCUT2D eigenvalue weighted by molar-refractivity contribution is 6.31. The van der Waals surface area contributed by atoms with Crippen LogP contribution in [0.15, 0.2) is 24.5 Å². The van der Waals surface area contributed by atoms with Gasteiger partial charge >= 0.3 is 0 Å². The number of fused-ring (bicyclic) bond motifs is 4. The molecule has 1 unspecified atom stereocenters. The SMILES string of the molecule is CCc1nc2c3cnc(c(F)c3n1)-c1cc(C)cc(Cl)c1CCCCc1cn(nn1)CC1CCCN2C1.FC1CC2(CCCN2)C1. The van der Waals surface area contributed by atoms with E-state index in [0.29, 0.717) is 39.8 Å². The number of nitrogens with one attached hydrogen (secondary N) is 1.